The van der Waals surface area contributed by atoms with E-state index in [9.17, 15) is 4.39 Å². The average Bonchev–Trinajstić information content (AvgIpc) is 3.14. The number of anilines is 1. The Morgan fingerprint density at radius 2 is 1.94 bits per heavy atom. The first-order valence-corrected chi connectivity index (χ1v) is 5.75. The Balaban J connectivity index is 1.87. The smallest absolute Gasteiger partial charge is 0.173 e. The van der Waals surface area contributed by atoms with Crippen molar-refractivity contribution in [2.45, 2.75) is 18.8 Å². The maximum absolute atomic E-state index is 12.7. The number of hydrogen-bond donors (Lipinski definition) is 2. The first-order valence-electron chi connectivity index (χ1n) is 5.75. The number of rotatable bonds is 3. The van der Waals surface area contributed by atoms with Crippen LogP contribution in [-0.4, -0.2) is 10.2 Å². The van der Waals surface area contributed by atoms with Gasteiger partial charge in [0.15, 0.2) is 11.5 Å². The van der Waals surface area contributed by atoms with Crippen molar-refractivity contribution in [3.05, 3.63) is 35.8 Å². The van der Waals surface area contributed by atoms with Crippen LogP contribution in [0.5, 0.6) is 0 Å². The molecule has 6 heteroatoms. The number of nitrogen functional groups attached to an aromatic ring is 1. The summed E-state index contributed by atoms with van der Waals surface area (Å²) < 4.78 is 12.7. The van der Waals surface area contributed by atoms with E-state index in [1.807, 2.05) is 0 Å². The minimum absolute atomic E-state index is 0.296. The molecule has 3 rings (SSSR count). The molecular formula is C12H12FN5. The molecule has 18 heavy (non-hydrogen) atoms. The summed E-state index contributed by atoms with van der Waals surface area (Å²) in [6, 6.07) is 5.81. The summed E-state index contributed by atoms with van der Waals surface area (Å²) in [5.74, 6) is 0.523. The highest BCUT2D eigenvalue weighted by Gasteiger charge is 2.29. The lowest BCUT2D eigenvalue weighted by molar-refractivity contribution is 0.628. The average molecular weight is 245 g/mol. The topological polar surface area (TPSA) is 79.4 Å². The Hall–Kier alpha value is -2.24. The molecule has 1 aromatic heterocycles. The molecule has 1 aliphatic rings. The van der Waals surface area contributed by atoms with Crippen molar-refractivity contribution in [2.24, 2.45) is 10.2 Å². The maximum Gasteiger partial charge on any atom is 0.173 e. The van der Waals surface area contributed by atoms with E-state index in [-0.39, 0.29) is 5.82 Å². The van der Waals surface area contributed by atoms with E-state index in [4.69, 9.17) is 5.73 Å². The van der Waals surface area contributed by atoms with Gasteiger partial charge in [-0.3, -0.25) is 5.10 Å². The molecule has 0 amide bonds. The van der Waals surface area contributed by atoms with Gasteiger partial charge in [-0.1, -0.05) is 0 Å². The lowest BCUT2D eigenvalue weighted by Gasteiger charge is -1.95. The Labute approximate surface area is 103 Å². The third-order valence-electron chi connectivity index (χ3n) is 2.87. The molecule has 0 bridgehead atoms. The molecule has 1 heterocycles. The Morgan fingerprint density at radius 3 is 2.61 bits per heavy atom. The van der Waals surface area contributed by atoms with Crippen molar-refractivity contribution in [1.82, 2.24) is 10.2 Å². The van der Waals surface area contributed by atoms with E-state index in [2.05, 4.69) is 20.4 Å². The highest BCUT2D eigenvalue weighted by Crippen LogP contribution is 2.45. The molecular weight excluding hydrogens is 233 g/mol. The Morgan fingerprint density at radius 1 is 1.22 bits per heavy atom. The van der Waals surface area contributed by atoms with Crippen LogP contribution in [0.2, 0.25) is 0 Å². The summed E-state index contributed by atoms with van der Waals surface area (Å²) in [6.45, 7) is 0. The molecule has 3 N–H and O–H groups in total. The van der Waals surface area contributed by atoms with E-state index >= 15 is 0 Å². The fraction of sp³-hybridized carbons (Fsp3) is 0.250. The van der Waals surface area contributed by atoms with Gasteiger partial charge in [-0.2, -0.15) is 10.2 Å². The number of nitrogens with one attached hydrogen (secondary N) is 1. The van der Waals surface area contributed by atoms with Crippen LogP contribution in [0.3, 0.4) is 0 Å². The fourth-order valence-electron chi connectivity index (χ4n) is 1.74. The zero-order valence-electron chi connectivity index (χ0n) is 9.60. The van der Waals surface area contributed by atoms with Gasteiger partial charge in [0.1, 0.15) is 5.82 Å². The van der Waals surface area contributed by atoms with E-state index in [1.54, 1.807) is 12.1 Å². The molecule has 0 unspecified atom stereocenters. The molecule has 0 atom stereocenters. The Kier molecular flexibility index (Phi) is 2.55. The van der Waals surface area contributed by atoms with Gasteiger partial charge < -0.3 is 5.73 Å². The number of benzene rings is 1. The minimum atomic E-state index is -0.296. The summed E-state index contributed by atoms with van der Waals surface area (Å²) >= 11 is 0. The van der Waals surface area contributed by atoms with E-state index in [0.29, 0.717) is 23.1 Å². The number of azo groups is 1. The largest absolute Gasteiger partial charge is 0.380 e. The van der Waals surface area contributed by atoms with Crippen molar-refractivity contribution in [1.29, 1.82) is 0 Å². The van der Waals surface area contributed by atoms with Crippen molar-refractivity contribution >= 4 is 17.2 Å². The monoisotopic (exact) mass is 245 g/mol. The number of hydrogen-bond acceptors (Lipinski definition) is 4. The predicted octanol–water partition coefficient (Wildman–Crippen LogP) is 3.42. The van der Waals surface area contributed by atoms with E-state index in [1.165, 1.54) is 12.1 Å². The first-order chi connectivity index (χ1) is 8.74. The highest BCUT2D eigenvalue weighted by atomic mass is 19.1. The van der Waals surface area contributed by atoms with Crippen molar-refractivity contribution in [3.63, 3.8) is 0 Å². The van der Waals surface area contributed by atoms with Gasteiger partial charge in [0.25, 0.3) is 0 Å². The quantitative estimate of drug-likeness (QED) is 0.812. The number of nitrogens with two attached hydrogens (primary N) is 1. The van der Waals surface area contributed by atoms with Crippen LogP contribution < -0.4 is 5.73 Å². The van der Waals surface area contributed by atoms with Crippen molar-refractivity contribution < 1.29 is 4.39 Å². The second-order valence-corrected chi connectivity index (χ2v) is 4.32. The molecule has 2 aromatic rings. The van der Waals surface area contributed by atoms with E-state index < -0.39 is 0 Å². The second kappa shape index (κ2) is 4.21. The molecule has 1 aromatic carbocycles. The van der Waals surface area contributed by atoms with Crippen molar-refractivity contribution in [3.8, 4) is 0 Å². The molecule has 0 saturated heterocycles. The van der Waals surface area contributed by atoms with Gasteiger partial charge in [0.05, 0.1) is 11.4 Å². The van der Waals surface area contributed by atoms with Crippen LogP contribution in [0, 0.1) is 5.82 Å². The molecule has 0 spiro atoms. The standard InChI is InChI=1S/C12H12FN5/c13-8-3-5-9(6-4-8)15-17-11-10(7-1-2-7)16-18-12(11)14/h3-7H,1-2H2,(H3,14,16,18). The highest BCUT2D eigenvalue weighted by molar-refractivity contribution is 5.62. The van der Waals surface area contributed by atoms with Crippen LogP contribution in [0.4, 0.5) is 21.6 Å². The number of nitrogens with zero attached hydrogens (tertiary/aromatic N) is 3. The maximum atomic E-state index is 12.7. The number of aromatic amines is 1. The summed E-state index contributed by atoms with van der Waals surface area (Å²) in [4.78, 5) is 0. The predicted molar refractivity (Wildman–Crippen MR) is 65.6 cm³/mol. The van der Waals surface area contributed by atoms with Crippen LogP contribution in [0.25, 0.3) is 0 Å². The van der Waals surface area contributed by atoms with Gasteiger partial charge >= 0.3 is 0 Å². The summed E-state index contributed by atoms with van der Waals surface area (Å²) in [5, 5.41) is 15.0. The molecule has 1 aliphatic carbocycles. The van der Waals surface area contributed by atoms with Crippen LogP contribution in [0.15, 0.2) is 34.5 Å². The molecule has 92 valence electrons. The van der Waals surface area contributed by atoms with Crippen LogP contribution in [0.1, 0.15) is 24.5 Å². The molecule has 0 radical (unpaired) electrons. The molecule has 0 aliphatic heterocycles. The normalized spacial score (nSPS) is 15.4. The van der Waals surface area contributed by atoms with Gasteiger partial charge in [0.2, 0.25) is 0 Å². The third-order valence-corrected chi connectivity index (χ3v) is 2.87. The number of aromatic nitrogens is 2. The van der Waals surface area contributed by atoms with Gasteiger partial charge in [-0.15, -0.1) is 5.11 Å². The molecule has 5 nitrogen and oxygen atoms in total. The molecule has 1 saturated carbocycles. The zero-order valence-corrected chi connectivity index (χ0v) is 9.60. The number of halogens is 1. The number of H-pyrrole nitrogens is 1. The SMILES string of the molecule is Nc1n[nH]c(C2CC2)c1N=Nc1ccc(F)cc1. The van der Waals surface area contributed by atoms with Gasteiger partial charge in [-0.05, 0) is 37.1 Å². The van der Waals surface area contributed by atoms with Crippen LogP contribution in [-0.2, 0) is 0 Å². The van der Waals surface area contributed by atoms with Crippen LogP contribution >= 0.6 is 0 Å². The van der Waals surface area contributed by atoms with E-state index in [0.717, 1.165) is 18.5 Å². The lowest BCUT2D eigenvalue weighted by Crippen LogP contribution is -1.83. The van der Waals surface area contributed by atoms with Gasteiger partial charge in [0, 0.05) is 5.92 Å². The van der Waals surface area contributed by atoms with Crippen molar-refractivity contribution in [2.75, 3.05) is 5.73 Å². The summed E-state index contributed by atoms with van der Waals surface area (Å²) in [6.07, 6.45) is 2.25. The first kappa shape index (κ1) is 10.9. The fourth-order valence-corrected chi connectivity index (χ4v) is 1.74. The minimum Gasteiger partial charge on any atom is -0.380 e. The lowest BCUT2D eigenvalue weighted by atomic mass is 10.2. The third kappa shape index (κ3) is 2.09. The zero-order chi connectivity index (χ0) is 12.5. The summed E-state index contributed by atoms with van der Waals surface area (Å²) in [7, 11) is 0. The summed E-state index contributed by atoms with van der Waals surface area (Å²) in [5.41, 5.74) is 7.86. The van der Waals surface area contributed by atoms with Gasteiger partial charge in [-0.25, -0.2) is 4.39 Å². The second-order valence-electron chi connectivity index (χ2n) is 4.32. The molecule has 1 fully saturated rings. The Bertz CT molecular complexity index is 583.